The lowest BCUT2D eigenvalue weighted by Crippen LogP contribution is -2.45. The van der Waals surface area contributed by atoms with E-state index in [2.05, 4.69) is 26.6 Å². The zero-order valence-corrected chi connectivity index (χ0v) is 16.5. The predicted octanol–water partition coefficient (Wildman–Crippen LogP) is 4.32. The number of ether oxygens (including phenoxy) is 2. The van der Waals surface area contributed by atoms with Crippen LogP contribution in [-0.4, -0.2) is 33.9 Å². The second kappa shape index (κ2) is 7.11. The fourth-order valence-corrected chi connectivity index (χ4v) is 4.93. The Morgan fingerprint density at radius 2 is 1.83 bits per heavy atom. The summed E-state index contributed by atoms with van der Waals surface area (Å²) in [6.07, 6.45) is 4.92. The van der Waals surface area contributed by atoms with E-state index in [0.29, 0.717) is 17.9 Å². The molecule has 2 rings (SSSR count). The molecule has 0 radical (unpaired) electrons. The van der Waals surface area contributed by atoms with Gasteiger partial charge in [0.25, 0.3) is 0 Å². The average Bonchev–Trinajstić information content (AvgIpc) is 2.87. The molecule has 1 aromatic rings. The van der Waals surface area contributed by atoms with Crippen molar-refractivity contribution in [2.24, 2.45) is 0 Å². The molecule has 0 aliphatic heterocycles. The van der Waals surface area contributed by atoms with E-state index in [9.17, 15) is 4.79 Å². The highest BCUT2D eigenvalue weighted by Gasteiger charge is 2.45. The van der Waals surface area contributed by atoms with Crippen molar-refractivity contribution in [2.75, 3.05) is 14.2 Å². The van der Waals surface area contributed by atoms with Crippen molar-refractivity contribution in [3.05, 3.63) is 35.9 Å². The van der Waals surface area contributed by atoms with E-state index < -0.39 is 13.9 Å². The van der Waals surface area contributed by atoms with Gasteiger partial charge in [0.1, 0.15) is 0 Å². The lowest BCUT2D eigenvalue weighted by Gasteiger charge is -2.40. The molecule has 1 aromatic carbocycles. The Hall–Kier alpha value is -1.59. The van der Waals surface area contributed by atoms with Gasteiger partial charge < -0.3 is 13.9 Å². The Balaban J connectivity index is 2.47. The van der Waals surface area contributed by atoms with Crippen molar-refractivity contribution in [3.8, 4) is 11.5 Å². The highest BCUT2D eigenvalue weighted by atomic mass is 28.4. The van der Waals surface area contributed by atoms with Crippen LogP contribution in [0.2, 0.25) is 19.6 Å². The van der Waals surface area contributed by atoms with Crippen molar-refractivity contribution in [1.82, 2.24) is 0 Å². The second-order valence-electron chi connectivity index (χ2n) is 7.22. The molecule has 5 heteroatoms. The highest BCUT2D eigenvalue weighted by molar-refractivity contribution is 6.69. The number of methoxy groups -OCH3 is 2. The number of carbonyl (C=O) groups is 1. The van der Waals surface area contributed by atoms with Crippen molar-refractivity contribution in [3.63, 3.8) is 0 Å². The molecule has 0 bridgehead atoms. The molecule has 132 valence electrons. The molecule has 0 amide bonds. The summed E-state index contributed by atoms with van der Waals surface area (Å²) in [6.45, 7) is 8.61. The van der Waals surface area contributed by atoms with Crippen LogP contribution in [0.4, 0.5) is 0 Å². The zero-order valence-electron chi connectivity index (χ0n) is 15.5. The Labute approximate surface area is 145 Å². The lowest BCUT2D eigenvalue weighted by molar-refractivity contribution is -0.116. The highest BCUT2D eigenvalue weighted by Crippen LogP contribution is 2.44. The van der Waals surface area contributed by atoms with Crippen molar-refractivity contribution in [1.29, 1.82) is 0 Å². The van der Waals surface area contributed by atoms with Crippen molar-refractivity contribution < 1.29 is 18.7 Å². The maximum atomic E-state index is 12.0. The molecule has 0 saturated carbocycles. The van der Waals surface area contributed by atoms with Gasteiger partial charge in [-0.2, -0.15) is 0 Å². The molecule has 2 atom stereocenters. The molecular weight excluding hydrogens is 320 g/mol. The number of carbonyl (C=O) groups excluding carboxylic acids is 1. The Morgan fingerprint density at radius 1 is 1.17 bits per heavy atom. The van der Waals surface area contributed by atoms with Gasteiger partial charge in [-0.3, -0.25) is 4.79 Å². The quantitative estimate of drug-likeness (QED) is 0.689. The molecule has 1 aliphatic rings. The van der Waals surface area contributed by atoms with Gasteiger partial charge in [0.05, 0.1) is 19.8 Å². The summed E-state index contributed by atoms with van der Waals surface area (Å²) < 4.78 is 17.3. The largest absolute Gasteiger partial charge is 0.493 e. The maximum absolute atomic E-state index is 12.0. The topological polar surface area (TPSA) is 44.8 Å². The third-order valence-electron chi connectivity index (χ3n) is 4.31. The number of hydrogen-bond acceptors (Lipinski definition) is 4. The van der Waals surface area contributed by atoms with Gasteiger partial charge in [0.15, 0.2) is 25.6 Å². The fraction of sp³-hybridized carbons (Fsp3) is 0.526. The minimum Gasteiger partial charge on any atom is -0.493 e. The SMILES string of the molecule is CCC(c1ccc(OC)c(OC)c1)C1(O[Si](C)(C)C)C=CC(=O)C1. The average molecular weight is 349 g/mol. The van der Waals surface area contributed by atoms with Gasteiger partial charge in [-0.15, -0.1) is 0 Å². The van der Waals surface area contributed by atoms with E-state index in [1.165, 1.54) is 0 Å². The van der Waals surface area contributed by atoms with Crippen LogP contribution in [0.15, 0.2) is 30.4 Å². The molecule has 0 aromatic heterocycles. The first-order chi connectivity index (χ1) is 11.2. The molecule has 0 spiro atoms. The van der Waals surface area contributed by atoms with Crippen LogP contribution < -0.4 is 9.47 Å². The summed E-state index contributed by atoms with van der Waals surface area (Å²) in [5.41, 5.74) is 0.545. The van der Waals surface area contributed by atoms with Gasteiger partial charge in [-0.1, -0.05) is 13.0 Å². The zero-order chi connectivity index (χ0) is 18.0. The van der Waals surface area contributed by atoms with Gasteiger partial charge in [-0.25, -0.2) is 0 Å². The summed E-state index contributed by atoms with van der Waals surface area (Å²) in [6, 6.07) is 5.96. The lowest BCUT2D eigenvalue weighted by atomic mass is 9.79. The van der Waals surface area contributed by atoms with Gasteiger partial charge >= 0.3 is 0 Å². The monoisotopic (exact) mass is 348 g/mol. The van der Waals surface area contributed by atoms with Crippen molar-refractivity contribution in [2.45, 2.75) is 50.9 Å². The molecule has 4 nitrogen and oxygen atoms in total. The van der Waals surface area contributed by atoms with Crippen LogP contribution in [0.5, 0.6) is 11.5 Å². The van der Waals surface area contributed by atoms with E-state index in [1.807, 2.05) is 24.3 Å². The van der Waals surface area contributed by atoms with Gasteiger partial charge in [-0.05, 0) is 55.9 Å². The van der Waals surface area contributed by atoms with Crippen LogP contribution in [0.1, 0.15) is 31.2 Å². The Bertz CT molecular complexity index is 633. The third kappa shape index (κ3) is 3.90. The molecule has 1 aliphatic carbocycles. The number of allylic oxidation sites excluding steroid dienone is 1. The van der Waals surface area contributed by atoms with E-state index in [1.54, 1.807) is 20.3 Å². The fourth-order valence-electron chi connectivity index (χ4n) is 3.51. The minimum absolute atomic E-state index is 0.0896. The Morgan fingerprint density at radius 3 is 2.29 bits per heavy atom. The molecule has 0 fully saturated rings. The van der Waals surface area contributed by atoms with Crippen LogP contribution >= 0.6 is 0 Å². The minimum atomic E-state index is -1.84. The first-order valence-corrected chi connectivity index (χ1v) is 11.8. The number of rotatable bonds is 7. The Kier molecular flexibility index (Phi) is 5.55. The predicted molar refractivity (Wildman–Crippen MR) is 98.5 cm³/mol. The van der Waals surface area contributed by atoms with E-state index in [0.717, 1.165) is 12.0 Å². The standard InChI is InChI=1S/C19H28O4Si/c1-7-16(14-8-9-17(21-2)18(12-14)22-3)19(23-24(4,5)6)11-10-15(20)13-19/h8-12,16H,7,13H2,1-6H3. The number of hydrogen-bond donors (Lipinski definition) is 0. The number of ketones is 1. The summed E-state index contributed by atoms with van der Waals surface area (Å²) in [7, 11) is 1.43. The first-order valence-electron chi connectivity index (χ1n) is 8.39. The molecule has 0 N–H and O–H groups in total. The van der Waals surface area contributed by atoms with Crippen molar-refractivity contribution >= 4 is 14.1 Å². The first kappa shape index (κ1) is 18.7. The maximum Gasteiger partial charge on any atom is 0.184 e. The van der Waals surface area contributed by atoms with Gasteiger partial charge in [0.2, 0.25) is 0 Å². The summed E-state index contributed by atoms with van der Waals surface area (Å²) in [5.74, 6) is 1.62. The molecule has 0 heterocycles. The van der Waals surface area contributed by atoms with Crippen LogP contribution in [0.3, 0.4) is 0 Å². The molecule has 2 unspecified atom stereocenters. The van der Waals surface area contributed by atoms with Crippen LogP contribution in [-0.2, 0) is 9.22 Å². The second-order valence-corrected chi connectivity index (χ2v) is 11.6. The van der Waals surface area contributed by atoms with Crippen LogP contribution in [0.25, 0.3) is 0 Å². The summed E-state index contributed by atoms with van der Waals surface area (Å²) in [5, 5.41) is 0. The van der Waals surface area contributed by atoms with E-state index in [-0.39, 0.29) is 11.7 Å². The molecule has 0 saturated heterocycles. The normalized spacial score (nSPS) is 21.8. The van der Waals surface area contributed by atoms with E-state index in [4.69, 9.17) is 13.9 Å². The van der Waals surface area contributed by atoms with E-state index >= 15 is 0 Å². The third-order valence-corrected chi connectivity index (χ3v) is 5.30. The van der Waals surface area contributed by atoms with Crippen LogP contribution in [0, 0.1) is 0 Å². The molecular formula is C19H28O4Si. The van der Waals surface area contributed by atoms with Gasteiger partial charge in [0, 0.05) is 12.3 Å². The number of benzene rings is 1. The smallest absolute Gasteiger partial charge is 0.184 e. The molecule has 24 heavy (non-hydrogen) atoms. The summed E-state index contributed by atoms with van der Waals surface area (Å²) >= 11 is 0. The summed E-state index contributed by atoms with van der Waals surface area (Å²) in [4.78, 5) is 12.0.